The van der Waals surface area contributed by atoms with Crippen molar-refractivity contribution in [2.24, 2.45) is 7.05 Å². The number of rotatable bonds is 6. The number of carbonyl (C=O) groups excluding carboxylic acids is 1. The Morgan fingerprint density at radius 3 is 2.90 bits per heavy atom. The molecule has 1 N–H and O–H groups in total. The van der Waals surface area contributed by atoms with E-state index < -0.39 is 0 Å². The predicted molar refractivity (Wildman–Crippen MR) is 83.9 cm³/mol. The van der Waals surface area contributed by atoms with E-state index in [9.17, 15) is 4.79 Å². The van der Waals surface area contributed by atoms with E-state index in [0.717, 1.165) is 35.2 Å². The summed E-state index contributed by atoms with van der Waals surface area (Å²) in [6.45, 7) is 3.18. The SMILES string of the molecule is CCc1nn(C)c(CC(=O)CCC2CCCCN2)c1Br. The van der Waals surface area contributed by atoms with Crippen molar-refractivity contribution < 1.29 is 4.79 Å². The molecule has 1 aromatic rings. The molecule has 1 unspecified atom stereocenters. The highest BCUT2D eigenvalue weighted by Crippen LogP contribution is 2.23. The molecular weight excluding hydrogens is 318 g/mol. The molecule has 1 aliphatic rings. The van der Waals surface area contributed by atoms with Gasteiger partial charge < -0.3 is 5.32 Å². The van der Waals surface area contributed by atoms with Crippen LogP contribution in [-0.2, 0) is 24.7 Å². The first-order chi connectivity index (χ1) is 9.61. The summed E-state index contributed by atoms with van der Waals surface area (Å²) in [6, 6.07) is 0.536. The molecule has 1 aromatic heterocycles. The molecule has 2 rings (SSSR count). The predicted octanol–water partition coefficient (Wildman–Crippen LogP) is 2.78. The first kappa shape index (κ1) is 15.7. The average Bonchev–Trinajstić information content (AvgIpc) is 2.73. The van der Waals surface area contributed by atoms with Gasteiger partial charge in [-0.3, -0.25) is 9.48 Å². The lowest BCUT2D eigenvalue weighted by Gasteiger charge is -2.22. The van der Waals surface area contributed by atoms with Gasteiger partial charge >= 0.3 is 0 Å². The third-order valence-corrected chi connectivity index (χ3v) is 4.97. The molecule has 5 heteroatoms. The topological polar surface area (TPSA) is 46.9 Å². The number of ketones is 1. The highest BCUT2D eigenvalue weighted by Gasteiger charge is 2.18. The van der Waals surface area contributed by atoms with Crippen molar-refractivity contribution in [3.63, 3.8) is 0 Å². The van der Waals surface area contributed by atoms with Crippen molar-refractivity contribution >= 4 is 21.7 Å². The van der Waals surface area contributed by atoms with Crippen LogP contribution in [0, 0.1) is 0 Å². The fourth-order valence-electron chi connectivity index (χ4n) is 2.79. The zero-order valence-corrected chi connectivity index (χ0v) is 14.0. The standard InChI is InChI=1S/C15H24BrN3O/c1-3-13-15(16)14(19(2)18-13)10-12(20)8-7-11-6-4-5-9-17-11/h11,17H,3-10H2,1-2H3. The van der Waals surface area contributed by atoms with Gasteiger partial charge in [-0.25, -0.2) is 0 Å². The van der Waals surface area contributed by atoms with Gasteiger partial charge in [0.2, 0.25) is 0 Å². The molecule has 1 aliphatic heterocycles. The molecule has 1 fully saturated rings. The Morgan fingerprint density at radius 2 is 2.30 bits per heavy atom. The molecule has 0 spiro atoms. The maximum atomic E-state index is 12.2. The Morgan fingerprint density at radius 1 is 1.50 bits per heavy atom. The lowest BCUT2D eigenvalue weighted by atomic mass is 9.98. The summed E-state index contributed by atoms with van der Waals surface area (Å²) in [6.07, 6.45) is 6.77. The van der Waals surface area contributed by atoms with E-state index in [1.54, 1.807) is 0 Å². The number of piperidine rings is 1. The Hall–Kier alpha value is -0.680. The van der Waals surface area contributed by atoms with Crippen LogP contribution in [0.5, 0.6) is 0 Å². The second-order valence-electron chi connectivity index (χ2n) is 5.59. The maximum absolute atomic E-state index is 12.2. The number of carbonyl (C=O) groups is 1. The minimum atomic E-state index is 0.309. The summed E-state index contributed by atoms with van der Waals surface area (Å²) >= 11 is 3.57. The van der Waals surface area contributed by atoms with Gasteiger partial charge in [0.25, 0.3) is 0 Å². The van der Waals surface area contributed by atoms with Crippen molar-refractivity contribution in [3.05, 3.63) is 15.9 Å². The average molecular weight is 342 g/mol. The maximum Gasteiger partial charge on any atom is 0.138 e. The van der Waals surface area contributed by atoms with Gasteiger partial charge in [0, 0.05) is 25.9 Å². The normalized spacial score (nSPS) is 19.2. The number of hydrogen-bond acceptors (Lipinski definition) is 3. The number of halogens is 1. The minimum Gasteiger partial charge on any atom is -0.314 e. The first-order valence-electron chi connectivity index (χ1n) is 7.57. The van der Waals surface area contributed by atoms with E-state index in [1.807, 2.05) is 11.7 Å². The van der Waals surface area contributed by atoms with Gasteiger partial charge in [0.05, 0.1) is 15.9 Å². The lowest BCUT2D eigenvalue weighted by molar-refractivity contribution is -0.118. The van der Waals surface area contributed by atoms with Gasteiger partial charge in [-0.15, -0.1) is 0 Å². The highest BCUT2D eigenvalue weighted by molar-refractivity contribution is 9.10. The van der Waals surface area contributed by atoms with Gasteiger partial charge in [-0.05, 0) is 48.2 Å². The van der Waals surface area contributed by atoms with Gasteiger partial charge in [-0.2, -0.15) is 5.10 Å². The van der Waals surface area contributed by atoms with Gasteiger partial charge in [0.1, 0.15) is 5.78 Å². The first-order valence-corrected chi connectivity index (χ1v) is 8.36. The summed E-state index contributed by atoms with van der Waals surface area (Å²) in [7, 11) is 1.91. The third-order valence-electron chi connectivity index (χ3n) is 4.05. The fraction of sp³-hybridized carbons (Fsp3) is 0.733. The number of nitrogens with one attached hydrogen (secondary N) is 1. The monoisotopic (exact) mass is 341 g/mol. The van der Waals surface area contributed by atoms with Crippen molar-refractivity contribution in [1.82, 2.24) is 15.1 Å². The van der Waals surface area contributed by atoms with Crippen molar-refractivity contribution in [1.29, 1.82) is 0 Å². The summed E-state index contributed by atoms with van der Waals surface area (Å²) in [5.74, 6) is 0.309. The molecule has 1 atom stereocenters. The number of aromatic nitrogens is 2. The van der Waals surface area contributed by atoms with Crippen molar-refractivity contribution in [3.8, 4) is 0 Å². The summed E-state index contributed by atoms with van der Waals surface area (Å²) in [5.41, 5.74) is 2.03. The number of hydrogen-bond donors (Lipinski definition) is 1. The molecule has 4 nitrogen and oxygen atoms in total. The summed E-state index contributed by atoms with van der Waals surface area (Å²) in [4.78, 5) is 12.2. The lowest BCUT2D eigenvalue weighted by Crippen LogP contribution is -2.34. The molecule has 20 heavy (non-hydrogen) atoms. The van der Waals surface area contributed by atoms with Crippen LogP contribution in [0.2, 0.25) is 0 Å². The van der Waals surface area contributed by atoms with E-state index in [1.165, 1.54) is 19.3 Å². The fourth-order valence-corrected chi connectivity index (χ4v) is 3.55. The molecule has 112 valence electrons. The zero-order chi connectivity index (χ0) is 14.5. The second kappa shape index (κ2) is 7.36. The number of nitrogens with zero attached hydrogens (tertiary/aromatic N) is 2. The highest BCUT2D eigenvalue weighted by atomic mass is 79.9. The van der Waals surface area contributed by atoms with E-state index in [-0.39, 0.29) is 0 Å². The van der Waals surface area contributed by atoms with E-state index in [2.05, 4.69) is 33.3 Å². The van der Waals surface area contributed by atoms with Crippen LogP contribution in [0.4, 0.5) is 0 Å². The van der Waals surface area contributed by atoms with E-state index in [0.29, 0.717) is 24.7 Å². The van der Waals surface area contributed by atoms with Crippen LogP contribution in [0.15, 0.2) is 4.47 Å². The Labute approximate surface area is 129 Å². The van der Waals surface area contributed by atoms with Gasteiger partial charge in [0.15, 0.2) is 0 Å². The number of Topliss-reactive ketones (excluding diaryl/α,β-unsaturated/α-hetero) is 1. The molecule has 2 heterocycles. The quantitative estimate of drug-likeness (QED) is 0.865. The molecule has 0 amide bonds. The minimum absolute atomic E-state index is 0.309. The van der Waals surface area contributed by atoms with E-state index in [4.69, 9.17) is 0 Å². The zero-order valence-electron chi connectivity index (χ0n) is 12.4. The second-order valence-corrected chi connectivity index (χ2v) is 6.38. The largest absolute Gasteiger partial charge is 0.314 e. The van der Waals surface area contributed by atoms with E-state index >= 15 is 0 Å². The Bertz CT molecular complexity index is 464. The smallest absolute Gasteiger partial charge is 0.138 e. The van der Waals surface area contributed by atoms with Crippen molar-refractivity contribution in [2.45, 2.75) is 57.9 Å². The van der Waals surface area contributed by atoms with Crippen LogP contribution in [-0.4, -0.2) is 28.2 Å². The summed E-state index contributed by atoms with van der Waals surface area (Å²) < 4.78 is 2.84. The summed E-state index contributed by atoms with van der Waals surface area (Å²) in [5, 5.41) is 7.93. The van der Waals surface area contributed by atoms with Crippen LogP contribution in [0.25, 0.3) is 0 Å². The van der Waals surface area contributed by atoms with Crippen molar-refractivity contribution in [2.75, 3.05) is 6.54 Å². The Balaban J connectivity index is 1.86. The molecule has 1 saturated heterocycles. The Kier molecular flexibility index (Phi) is 5.78. The number of aryl methyl sites for hydroxylation is 2. The van der Waals surface area contributed by atoms with Crippen LogP contribution < -0.4 is 5.32 Å². The molecule has 0 bridgehead atoms. The molecule has 0 saturated carbocycles. The molecule has 0 aliphatic carbocycles. The van der Waals surface area contributed by atoms with Crippen LogP contribution in [0.3, 0.4) is 0 Å². The van der Waals surface area contributed by atoms with Gasteiger partial charge in [-0.1, -0.05) is 13.3 Å². The molecule has 0 radical (unpaired) electrons. The molecular formula is C15H24BrN3O. The van der Waals surface area contributed by atoms with Crippen LogP contribution in [0.1, 0.15) is 50.4 Å². The molecule has 0 aromatic carbocycles. The third kappa shape index (κ3) is 3.92. The van der Waals surface area contributed by atoms with Crippen LogP contribution >= 0.6 is 15.9 Å².